The molecule has 1 aromatic heterocycles. The zero-order valence-corrected chi connectivity index (χ0v) is 19.5. The average molecular weight is 474 g/mol. The summed E-state index contributed by atoms with van der Waals surface area (Å²) in [5, 5.41) is 12.1. The number of thioether (sulfide) groups is 1. The quantitative estimate of drug-likeness (QED) is 0.528. The van der Waals surface area contributed by atoms with Gasteiger partial charge in [0.2, 0.25) is 11.1 Å². The lowest BCUT2D eigenvalue weighted by molar-refractivity contribution is -0.116. The van der Waals surface area contributed by atoms with Crippen LogP contribution in [0.2, 0.25) is 5.02 Å². The lowest BCUT2D eigenvalue weighted by Gasteiger charge is -2.33. The molecule has 0 fully saturated rings. The van der Waals surface area contributed by atoms with Gasteiger partial charge in [-0.15, -0.1) is 10.2 Å². The Labute approximate surface area is 195 Å². The SMILES string of the molecule is CCOc1ccc(NC(=O)[C@H]2Sc3nnc(CC)n3N[C@@H]2c2ccc(OC)c(Cl)c2)cc1. The fraction of sp³-hybridized carbons (Fsp3) is 0.318. The van der Waals surface area contributed by atoms with Crippen molar-refractivity contribution in [2.45, 2.75) is 36.7 Å². The molecule has 2 aromatic carbocycles. The van der Waals surface area contributed by atoms with Crippen molar-refractivity contribution in [3.63, 3.8) is 0 Å². The Balaban J connectivity index is 1.63. The predicted octanol–water partition coefficient (Wildman–Crippen LogP) is 4.30. The molecular formula is C22H24ClN5O3S. The molecule has 168 valence electrons. The van der Waals surface area contributed by atoms with E-state index in [1.807, 2.05) is 54.9 Å². The highest BCUT2D eigenvalue weighted by atomic mass is 35.5. The van der Waals surface area contributed by atoms with Crippen LogP contribution >= 0.6 is 23.4 Å². The first-order chi connectivity index (χ1) is 15.5. The normalized spacial score (nSPS) is 17.2. The van der Waals surface area contributed by atoms with E-state index < -0.39 is 5.25 Å². The van der Waals surface area contributed by atoms with Crippen LogP contribution < -0.4 is 20.2 Å². The molecule has 1 aliphatic rings. The first-order valence-corrected chi connectivity index (χ1v) is 11.5. The van der Waals surface area contributed by atoms with Crippen molar-refractivity contribution in [1.29, 1.82) is 0 Å². The van der Waals surface area contributed by atoms with Crippen LogP contribution in [0.3, 0.4) is 0 Å². The first kappa shape index (κ1) is 22.3. The molecule has 0 saturated carbocycles. The number of ether oxygens (including phenoxy) is 2. The Morgan fingerprint density at radius 1 is 1.22 bits per heavy atom. The highest BCUT2D eigenvalue weighted by molar-refractivity contribution is 8.00. The van der Waals surface area contributed by atoms with Crippen LogP contribution in [0.25, 0.3) is 0 Å². The summed E-state index contributed by atoms with van der Waals surface area (Å²) in [4.78, 5) is 13.3. The number of carbonyl (C=O) groups excluding carboxylic acids is 1. The molecule has 32 heavy (non-hydrogen) atoms. The van der Waals surface area contributed by atoms with E-state index in [-0.39, 0.29) is 11.9 Å². The summed E-state index contributed by atoms with van der Waals surface area (Å²) >= 11 is 7.75. The smallest absolute Gasteiger partial charge is 0.240 e. The number of hydrogen-bond acceptors (Lipinski definition) is 7. The largest absolute Gasteiger partial charge is 0.495 e. The van der Waals surface area contributed by atoms with Gasteiger partial charge in [0.15, 0.2) is 5.82 Å². The van der Waals surface area contributed by atoms with Crippen LogP contribution in [0, 0.1) is 0 Å². The molecule has 0 saturated heterocycles. The zero-order chi connectivity index (χ0) is 22.7. The van der Waals surface area contributed by atoms with E-state index >= 15 is 0 Å². The third kappa shape index (κ3) is 4.49. The molecular weight excluding hydrogens is 450 g/mol. The number of carbonyl (C=O) groups is 1. The molecule has 8 nitrogen and oxygen atoms in total. The van der Waals surface area contributed by atoms with Crippen molar-refractivity contribution < 1.29 is 14.3 Å². The molecule has 1 amide bonds. The fourth-order valence-corrected chi connectivity index (χ4v) is 4.83. The van der Waals surface area contributed by atoms with Crippen molar-refractivity contribution in [3.05, 3.63) is 58.9 Å². The van der Waals surface area contributed by atoms with Gasteiger partial charge in [-0.3, -0.25) is 4.79 Å². The van der Waals surface area contributed by atoms with Crippen LogP contribution in [0.5, 0.6) is 11.5 Å². The van der Waals surface area contributed by atoms with Crippen molar-refractivity contribution in [2.24, 2.45) is 0 Å². The standard InChI is InChI=1S/C22H24ClN5O3S/c1-4-18-25-26-22-28(18)27-19(13-6-11-17(30-3)16(23)12-13)20(32-22)21(29)24-14-7-9-15(10-8-14)31-5-2/h6-12,19-20,27H,4-5H2,1-3H3,(H,24,29)/t19-,20+/m1/s1. The second-order valence-corrected chi connectivity index (χ2v) is 8.59. The number of rotatable bonds is 7. The Kier molecular flexibility index (Phi) is 6.76. The molecule has 3 aromatic rings. The molecule has 0 spiro atoms. The van der Waals surface area contributed by atoms with Crippen LogP contribution in [-0.2, 0) is 11.2 Å². The summed E-state index contributed by atoms with van der Waals surface area (Å²) in [5.74, 6) is 1.97. The maximum atomic E-state index is 13.3. The van der Waals surface area contributed by atoms with E-state index in [0.29, 0.717) is 34.6 Å². The summed E-state index contributed by atoms with van der Waals surface area (Å²) in [6, 6.07) is 12.5. The van der Waals surface area contributed by atoms with Gasteiger partial charge in [-0.05, 0) is 48.9 Å². The topological polar surface area (TPSA) is 90.3 Å². The maximum Gasteiger partial charge on any atom is 0.240 e. The molecule has 4 rings (SSSR count). The molecule has 0 radical (unpaired) electrons. The van der Waals surface area contributed by atoms with Gasteiger partial charge in [0, 0.05) is 12.1 Å². The van der Waals surface area contributed by atoms with Gasteiger partial charge in [0.25, 0.3) is 0 Å². The van der Waals surface area contributed by atoms with Gasteiger partial charge in [-0.25, -0.2) is 4.68 Å². The molecule has 2 atom stereocenters. The van der Waals surface area contributed by atoms with E-state index in [1.165, 1.54) is 11.8 Å². The van der Waals surface area contributed by atoms with Crippen LogP contribution in [0.15, 0.2) is 47.6 Å². The number of nitrogens with zero attached hydrogens (tertiary/aromatic N) is 3. The third-order valence-corrected chi connectivity index (χ3v) is 6.56. The van der Waals surface area contributed by atoms with E-state index in [4.69, 9.17) is 21.1 Å². The number of hydrogen-bond donors (Lipinski definition) is 2. The number of aryl methyl sites for hydroxylation is 1. The molecule has 0 bridgehead atoms. The average Bonchev–Trinajstić information content (AvgIpc) is 3.21. The Morgan fingerprint density at radius 2 is 2.00 bits per heavy atom. The predicted molar refractivity (Wildman–Crippen MR) is 125 cm³/mol. The van der Waals surface area contributed by atoms with Crippen molar-refractivity contribution in [2.75, 3.05) is 24.5 Å². The number of aromatic nitrogens is 3. The Bertz CT molecular complexity index is 1110. The van der Waals surface area contributed by atoms with E-state index in [0.717, 1.165) is 17.1 Å². The van der Waals surface area contributed by atoms with Gasteiger partial charge in [0.05, 0.1) is 24.8 Å². The van der Waals surface area contributed by atoms with Crippen molar-refractivity contribution in [1.82, 2.24) is 14.9 Å². The molecule has 10 heteroatoms. The minimum Gasteiger partial charge on any atom is -0.495 e. The van der Waals surface area contributed by atoms with Gasteiger partial charge in [-0.1, -0.05) is 36.4 Å². The Morgan fingerprint density at radius 3 is 2.66 bits per heavy atom. The number of fused-ring (bicyclic) bond motifs is 1. The van der Waals surface area contributed by atoms with Gasteiger partial charge < -0.3 is 20.2 Å². The van der Waals surface area contributed by atoms with Crippen LogP contribution in [0.4, 0.5) is 5.69 Å². The minimum atomic E-state index is -0.507. The second kappa shape index (κ2) is 9.70. The van der Waals surface area contributed by atoms with Crippen molar-refractivity contribution >= 4 is 35.0 Å². The van der Waals surface area contributed by atoms with E-state index in [2.05, 4.69) is 20.9 Å². The van der Waals surface area contributed by atoms with Gasteiger partial charge in [0.1, 0.15) is 16.7 Å². The Hall–Kier alpha value is -2.91. The van der Waals surface area contributed by atoms with E-state index in [9.17, 15) is 4.79 Å². The number of nitrogens with one attached hydrogen (secondary N) is 2. The molecule has 0 aliphatic carbocycles. The number of halogens is 1. The number of anilines is 1. The summed E-state index contributed by atoms with van der Waals surface area (Å²) in [6.45, 7) is 4.52. The molecule has 1 aliphatic heterocycles. The molecule has 0 unspecified atom stereocenters. The monoisotopic (exact) mass is 473 g/mol. The summed E-state index contributed by atoms with van der Waals surface area (Å²) in [5.41, 5.74) is 4.96. The third-order valence-electron chi connectivity index (χ3n) is 5.05. The summed E-state index contributed by atoms with van der Waals surface area (Å²) in [7, 11) is 1.57. The minimum absolute atomic E-state index is 0.157. The van der Waals surface area contributed by atoms with Gasteiger partial charge in [-0.2, -0.15) is 0 Å². The van der Waals surface area contributed by atoms with Crippen molar-refractivity contribution in [3.8, 4) is 11.5 Å². The summed E-state index contributed by atoms with van der Waals surface area (Å²) < 4.78 is 12.6. The first-order valence-electron chi connectivity index (χ1n) is 10.3. The highest BCUT2D eigenvalue weighted by Gasteiger charge is 2.38. The van der Waals surface area contributed by atoms with Crippen LogP contribution in [-0.4, -0.2) is 39.7 Å². The summed E-state index contributed by atoms with van der Waals surface area (Å²) in [6.07, 6.45) is 0.708. The number of methoxy groups -OCH3 is 1. The lowest BCUT2D eigenvalue weighted by atomic mass is 10.0. The zero-order valence-electron chi connectivity index (χ0n) is 18.0. The van der Waals surface area contributed by atoms with Gasteiger partial charge >= 0.3 is 0 Å². The molecule has 2 N–H and O–H groups in total. The van der Waals surface area contributed by atoms with Crippen LogP contribution in [0.1, 0.15) is 31.3 Å². The number of amides is 1. The molecule has 2 heterocycles. The maximum absolute atomic E-state index is 13.3. The fourth-order valence-electron chi connectivity index (χ4n) is 3.47. The second-order valence-electron chi connectivity index (χ2n) is 7.07. The lowest BCUT2D eigenvalue weighted by Crippen LogP contribution is -2.41. The van der Waals surface area contributed by atoms with E-state index in [1.54, 1.807) is 13.2 Å². The number of benzene rings is 2. The highest BCUT2D eigenvalue weighted by Crippen LogP contribution is 2.39.